The molecule has 1 aliphatic heterocycles. The number of fused-ring (bicyclic) bond motifs is 1. The van der Waals surface area contributed by atoms with Gasteiger partial charge in [0.1, 0.15) is 11.5 Å². The summed E-state index contributed by atoms with van der Waals surface area (Å²) < 4.78 is 1.67. The Bertz CT molecular complexity index is 971. The summed E-state index contributed by atoms with van der Waals surface area (Å²) in [7, 11) is 0. The van der Waals surface area contributed by atoms with Crippen LogP contribution in [0.1, 0.15) is 16.7 Å². The van der Waals surface area contributed by atoms with E-state index in [1.807, 2.05) is 0 Å². The quantitative estimate of drug-likeness (QED) is 0.580. The highest BCUT2D eigenvalue weighted by Crippen LogP contribution is 2.37. The van der Waals surface area contributed by atoms with Gasteiger partial charge in [-0.1, -0.05) is 29.3 Å². The van der Waals surface area contributed by atoms with Crippen LogP contribution in [0.25, 0.3) is 16.9 Å². The van der Waals surface area contributed by atoms with Gasteiger partial charge in [0.25, 0.3) is 5.69 Å². The predicted molar refractivity (Wildman–Crippen MR) is 97.3 cm³/mol. The van der Waals surface area contributed by atoms with Crippen molar-refractivity contribution in [2.24, 2.45) is 0 Å². The number of nitro groups is 1. The number of para-hydroxylation sites is 2. The number of rotatable bonds is 3. The number of benzene rings is 2. The molecule has 6 nitrogen and oxygen atoms in total. The van der Waals surface area contributed by atoms with Crippen molar-refractivity contribution in [2.75, 3.05) is 11.9 Å². The number of aryl methyl sites for hydroxylation is 2. The van der Waals surface area contributed by atoms with E-state index in [-0.39, 0.29) is 10.6 Å². The van der Waals surface area contributed by atoms with Crippen molar-refractivity contribution in [1.29, 1.82) is 0 Å². The Kier molecular flexibility index (Phi) is 3.53. The lowest BCUT2D eigenvalue weighted by atomic mass is 10.0. The molecule has 1 aliphatic rings. The van der Waals surface area contributed by atoms with E-state index < -0.39 is 0 Å². The number of nitrogens with one attached hydrogen (secondary N) is 1. The van der Waals surface area contributed by atoms with Crippen LogP contribution in [0.2, 0.25) is 0 Å². The van der Waals surface area contributed by atoms with Crippen LogP contribution in [0.5, 0.6) is 0 Å². The van der Waals surface area contributed by atoms with Gasteiger partial charge in [-0.2, -0.15) is 5.10 Å². The number of nitrogens with zero attached hydrogens (tertiary/aromatic N) is 3. The number of aromatic nitrogens is 2. The molecule has 0 saturated heterocycles. The molecule has 0 spiro atoms. The van der Waals surface area contributed by atoms with E-state index >= 15 is 0 Å². The maximum atomic E-state index is 11.4. The van der Waals surface area contributed by atoms with Crippen LogP contribution in [0.3, 0.4) is 0 Å². The van der Waals surface area contributed by atoms with Gasteiger partial charge in [0, 0.05) is 23.7 Å². The molecule has 0 amide bonds. The molecule has 126 valence electrons. The fraction of sp³-hybridized carbons (Fsp3) is 0.211. The van der Waals surface area contributed by atoms with Gasteiger partial charge < -0.3 is 5.32 Å². The van der Waals surface area contributed by atoms with Crippen molar-refractivity contribution in [3.05, 3.63) is 69.3 Å². The minimum atomic E-state index is -0.366. The van der Waals surface area contributed by atoms with Gasteiger partial charge in [0.05, 0.1) is 10.6 Å². The van der Waals surface area contributed by atoms with Gasteiger partial charge in [0.2, 0.25) is 0 Å². The van der Waals surface area contributed by atoms with Gasteiger partial charge in [0.15, 0.2) is 0 Å². The minimum Gasteiger partial charge on any atom is -0.369 e. The molecule has 4 rings (SSSR count). The summed E-state index contributed by atoms with van der Waals surface area (Å²) in [4.78, 5) is 11.0. The molecule has 2 heterocycles. The Hall–Kier alpha value is -3.15. The van der Waals surface area contributed by atoms with Crippen molar-refractivity contribution >= 4 is 11.5 Å². The first-order valence-corrected chi connectivity index (χ1v) is 8.23. The highest BCUT2D eigenvalue weighted by Gasteiger charge is 2.27. The SMILES string of the molecule is Cc1cc(C)cc(-c2nn(-c3ccccc3[N+](=O)[O-])c3c2CCN3)c1. The van der Waals surface area contributed by atoms with E-state index in [0.29, 0.717) is 5.69 Å². The van der Waals surface area contributed by atoms with Crippen LogP contribution in [-0.4, -0.2) is 21.2 Å². The summed E-state index contributed by atoms with van der Waals surface area (Å²) >= 11 is 0. The van der Waals surface area contributed by atoms with Crippen LogP contribution in [0.15, 0.2) is 42.5 Å². The van der Waals surface area contributed by atoms with Gasteiger partial charge in [-0.25, -0.2) is 4.68 Å². The van der Waals surface area contributed by atoms with Gasteiger partial charge in [-0.15, -0.1) is 0 Å². The summed E-state index contributed by atoms with van der Waals surface area (Å²) in [5.74, 6) is 0.850. The second-order valence-corrected chi connectivity index (χ2v) is 6.39. The van der Waals surface area contributed by atoms with Crippen molar-refractivity contribution in [2.45, 2.75) is 20.3 Å². The Balaban J connectivity index is 1.94. The Morgan fingerprint density at radius 2 is 1.88 bits per heavy atom. The summed E-state index contributed by atoms with van der Waals surface area (Å²) in [6.45, 7) is 4.94. The highest BCUT2D eigenvalue weighted by molar-refractivity contribution is 5.74. The van der Waals surface area contributed by atoms with E-state index in [4.69, 9.17) is 5.10 Å². The fourth-order valence-corrected chi connectivity index (χ4v) is 3.49. The molecule has 0 unspecified atom stereocenters. The smallest absolute Gasteiger partial charge is 0.294 e. The minimum absolute atomic E-state index is 0.0495. The number of hydrogen-bond acceptors (Lipinski definition) is 4. The van der Waals surface area contributed by atoms with E-state index in [1.165, 1.54) is 17.2 Å². The zero-order valence-corrected chi connectivity index (χ0v) is 14.1. The normalized spacial score (nSPS) is 12.7. The Labute approximate surface area is 145 Å². The molecule has 1 N–H and O–H groups in total. The van der Waals surface area contributed by atoms with Gasteiger partial charge in [-0.3, -0.25) is 10.1 Å². The molecule has 2 aromatic carbocycles. The summed E-state index contributed by atoms with van der Waals surface area (Å²) in [6.07, 6.45) is 0.859. The monoisotopic (exact) mass is 334 g/mol. The van der Waals surface area contributed by atoms with Crippen LogP contribution in [0.4, 0.5) is 11.5 Å². The lowest BCUT2D eigenvalue weighted by Crippen LogP contribution is -2.06. The molecule has 0 radical (unpaired) electrons. The lowest BCUT2D eigenvalue weighted by Gasteiger charge is -2.07. The van der Waals surface area contributed by atoms with Crippen molar-refractivity contribution in [3.63, 3.8) is 0 Å². The largest absolute Gasteiger partial charge is 0.369 e. The van der Waals surface area contributed by atoms with E-state index in [0.717, 1.165) is 35.6 Å². The standard InChI is InChI=1S/C19H18N4O2/c1-12-9-13(2)11-14(10-12)18-15-7-8-20-19(15)22(21-18)16-5-3-4-6-17(16)23(24)25/h3-6,9-11,20H,7-8H2,1-2H3. The Morgan fingerprint density at radius 1 is 1.16 bits per heavy atom. The Morgan fingerprint density at radius 3 is 2.60 bits per heavy atom. The highest BCUT2D eigenvalue weighted by atomic mass is 16.6. The van der Waals surface area contributed by atoms with Gasteiger partial charge >= 0.3 is 0 Å². The zero-order chi connectivity index (χ0) is 17.6. The average Bonchev–Trinajstić information content (AvgIpc) is 3.16. The fourth-order valence-electron chi connectivity index (χ4n) is 3.49. The predicted octanol–water partition coefficient (Wildman–Crippen LogP) is 4.03. The third-order valence-corrected chi connectivity index (χ3v) is 4.45. The molecular weight excluding hydrogens is 316 g/mol. The number of nitro benzene ring substituents is 1. The van der Waals surface area contributed by atoms with E-state index in [1.54, 1.807) is 22.9 Å². The van der Waals surface area contributed by atoms with Crippen LogP contribution in [-0.2, 0) is 6.42 Å². The second-order valence-electron chi connectivity index (χ2n) is 6.39. The third-order valence-electron chi connectivity index (χ3n) is 4.45. The lowest BCUT2D eigenvalue weighted by molar-refractivity contribution is -0.384. The summed E-state index contributed by atoms with van der Waals surface area (Å²) in [6, 6.07) is 13.0. The summed E-state index contributed by atoms with van der Waals surface area (Å²) in [5, 5.41) is 19.5. The molecule has 0 atom stereocenters. The van der Waals surface area contributed by atoms with Crippen molar-refractivity contribution in [3.8, 4) is 16.9 Å². The van der Waals surface area contributed by atoms with Crippen molar-refractivity contribution in [1.82, 2.24) is 9.78 Å². The molecule has 0 aliphatic carbocycles. The summed E-state index contributed by atoms with van der Waals surface area (Å²) in [5.41, 5.74) is 5.94. The molecule has 0 fully saturated rings. The number of hydrogen-bond donors (Lipinski definition) is 1. The van der Waals surface area contributed by atoms with Gasteiger partial charge in [-0.05, 0) is 38.5 Å². The maximum absolute atomic E-state index is 11.4. The molecule has 6 heteroatoms. The van der Waals surface area contributed by atoms with Crippen LogP contribution in [0, 0.1) is 24.0 Å². The molecule has 0 saturated carbocycles. The average molecular weight is 334 g/mol. The molecule has 3 aromatic rings. The third kappa shape index (κ3) is 2.55. The molecule has 1 aromatic heterocycles. The molecular formula is C19H18N4O2. The van der Waals surface area contributed by atoms with Crippen LogP contribution < -0.4 is 5.32 Å². The van der Waals surface area contributed by atoms with Crippen LogP contribution >= 0.6 is 0 Å². The topological polar surface area (TPSA) is 73.0 Å². The first-order valence-electron chi connectivity index (χ1n) is 8.23. The van der Waals surface area contributed by atoms with Crippen molar-refractivity contribution < 1.29 is 4.92 Å². The number of anilines is 1. The first-order chi connectivity index (χ1) is 12.0. The second kappa shape index (κ2) is 5.73. The molecule has 0 bridgehead atoms. The maximum Gasteiger partial charge on any atom is 0.294 e. The molecule has 25 heavy (non-hydrogen) atoms. The van der Waals surface area contributed by atoms with E-state index in [2.05, 4.69) is 37.4 Å². The zero-order valence-electron chi connectivity index (χ0n) is 14.1. The van der Waals surface area contributed by atoms with E-state index in [9.17, 15) is 10.1 Å². The first kappa shape index (κ1) is 15.4.